The second kappa shape index (κ2) is 9.21. The Kier molecular flexibility index (Phi) is 6.70. The summed E-state index contributed by atoms with van der Waals surface area (Å²) in [5.74, 6) is 1.20. The van der Waals surface area contributed by atoms with Gasteiger partial charge in [-0.15, -0.1) is 0 Å². The number of piperazine rings is 1. The van der Waals surface area contributed by atoms with E-state index in [9.17, 15) is 4.39 Å². The van der Waals surface area contributed by atoms with Crippen LogP contribution in [0.3, 0.4) is 0 Å². The number of rotatable bonds is 5. The topological polar surface area (TPSA) is 37.0 Å². The lowest BCUT2D eigenvalue weighted by Gasteiger charge is -2.36. The first-order valence-electron chi connectivity index (χ1n) is 9.26. The molecule has 1 aliphatic heterocycles. The van der Waals surface area contributed by atoms with E-state index in [0.717, 1.165) is 44.2 Å². The van der Waals surface area contributed by atoms with Crippen LogP contribution >= 0.6 is 12.2 Å². The summed E-state index contributed by atoms with van der Waals surface area (Å²) in [7, 11) is 3.30. The lowest BCUT2D eigenvalue weighted by atomic mass is 10.1. The van der Waals surface area contributed by atoms with Gasteiger partial charge in [-0.3, -0.25) is 4.90 Å². The highest BCUT2D eigenvalue weighted by molar-refractivity contribution is 7.80. The third-order valence-electron chi connectivity index (χ3n) is 5.01. The summed E-state index contributed by atoms with van der Waals surface area (Å²) in [5, 5.41) is 3.58. The van der Waals surface area contributed by atoms with Crippen molar-refractivity contribution in [1.82, 2.24) is 9.80 Å². The van der Waals surface area contributed by atoms with Gasteiger partial charge in [-0.05, 0) is 54.5 Å². The zero-order chi connectivity index (χ0) is 20.1. The van der Waals surface area contributed by atoms with Crippen LogP contribution in [-0.4, -0.2) is 55.3 Å². The Hall–Kier alpha value is -2.38. The van der Waals surface area contributed by atoms with E-state index in [1.54, 1.807) is 32.4 Å². The number of thiocarbonyl (C=S) groups is 1. The zero-order valence-electron chi connectivity index (χ0n) is 16.5. The SMILES string of the molecule is COc1cc(C)c(CN2CCN(C(=S)Nc3ccccc3F)CC2)cc1OC. The second-order valence-corrected chi connectivity index (χ2v) is 7.19. The van der Waals surface area contributed by atoms with Gasteiger partial charge in [0.1, 0.15) is 5.82 Å². The molecule has 7 heteroatoms. The molecule has 2 aromatic carbocycles. The Morgan fingerprint density at radius 1 is 1.07 bits per heavy atom. The summed E-state index contributed by atoms with van der Waals surface area (Å²) in [4.78, 5) is 4.47. The monoisotopic (exact) mass is 403 g/mol. The molecule has 0 aliphatic carbocycles. The number of halogens is 1. The number of hydrogen-bond donors (Lipinski definition) is 1. The van der Waals surface area contributed by atoms with Crippen LogP contribution < -0.4 is 14.8 Å². The van der Waals surface area contributed by atoms with Gasteiger partial charge in [0.15, 0.2) is 16.6 Å². The number of nitrogens with one attached hydrogen (secondary N) is 1. The summed E-state index contributed by atoms with van der Waals surface area (Å²) in [6.45, 7) is 6.29. The standard InChI is InChI=1S/C21H26FN3O2S/c1-15-12-19(26-2)20(27-3)13-16(15)14-24-8-10-25(11-9-24)21(28)23-18-7-5-4-6-17(18)22/h4-7,12-13H,8-11,14H2,1-3H3,(H,23,28). The molecule has 3 rings (SSSR count). The second-order valence-electron chi connectivity index (χ2n) is 6.81. The van der Waals surface area contributed by atoms with Crippen molar-refractivity contribution in [3.8, 4) is 11.5 Å². The minimum Gasteiger partial charge on any atom is -0.493 e. The number of benzene rings is 2. The van der Waals surface area contributed by atoms with E-state index in [4.69, 9.17) is 21.7 Å². The van der Waals surface area contributed by atoms with Crippen molar-refractivity contribution in [3.05, 3.63) is 53.3 Å². The van der Waals surface area contributed by atoms with E-state index in [0.29, 0.717) is 10.8 Å². The predicted octanol–water partition coefficient (Wildman–Crippen LogP) is 3.67. The Balaban J connectivity index is 1.57. The van der Waals surface area contributed by atoms with Gasteiger partial charge in [0.05, 0.1) is 19.9 Å². The fourth-order valence-electron chi connectivity index (χ4n) is 3.30. The molecule has 1 N–H and O–H groups in total. The Morgan fingerprint density at radius 3 is 2.36 bits per heavy atom. The number of methoxy groups -OCH3 is 2. The van der Waals surface area contributed by atoms with Crippen molar-refractivity contribution in [3.63, 3.8) is 0 Å². The fourth-order valence-corrected chi connectivity index (χ4v) is 3.59. The Labute approximate surface area is 171 Å². The van der Waals surface area contributed by atoms with E-state index in [1.807, 2.05) is 12.1 Å². The average molecular weight is 404 g/mol. The molecule has 28 heavy (non-hydrogen) atoms. The Morgan fingerprint density at radius 2 is 1.71 bits per heavy atom. The maximum Gasteiger partial charge on any atom is 0.173 e. The van der Waals surface area contributed by atoms with Crippen LogP contribution in [0.15, 0.2) is 36.4 Å². The fraction of sp³-hybridized carbons (Fsp3) is 0.381. The molecule has 0 spiro atoms. The largest absolute Gasteiger partial charge is 0.493 e. The van der Waals surface area contributed by atoms with Crippen LogP contribution in [0.2, 0.25) is 0 Å². The van der Waals surface area contributed by atoms with Crippen molar-refractivity contribution in [2.24, 2.45) is 0 Å². The molecule has 1 heterocycles. The summed E-state index contributed by atoms with van der Waals surface area (Å²) in [6, 6.07) is 10.6. The molecular formula is C21H26FN3O2S. The highest BCUT2D eigenvalue weighted by Crippen LogP contribution is 2.31. The highest BCUT2D eigenvalue weighted by atomic mass is 32.1. The molecule has 1 fully saturated rings. The van der Waals surface area contributed by atoms with Gasteiger partial charge in [-0.1, -0.05) is 12.1 Å². The molecule has 0 bridgehead atoms. The minimum atomic E-state index is -0.299. The molecule has 2 aromatic rings. The van der Waals surface area contributed by atoms with Crippen molar-refractivity contribution in [1.29, 1.82) is 0 Å². The van der Waals surface area contributed by atoms with Crippen LogP contribution in [0.5, 0.6) is 11.5 Å². The molecule has 1 aliphatic rings. The molecule has 0 unspecified atom stereocenters. The molecule has 0 radical (unpaired) electrons. The van der Waals surface area contributed by atoms with E-state index in [2.05, 4.69) is 22.0 Å². The molecule has 5 nitrogen and oxygen atoms in total. The number of anilines is 1. The third kappa shape index (κ3) is 4.72. The molecule has 1 saturated heterocycles. The summed E-state index contributed by atoms with van der Waals surface area (Å²) in [6.07, 6.45) is 0. The maximum absolute atomic E-state index is 13.8. The zero-order valence-corrected chi connectivity index (χ0v) is 17.3. The highest BCUT2D eigenvalue weighted by Gasteiger charge is 2.20. The predicted molar refractivity (Wildman–Crippen MR) is 114 cm³/mol. The van der Waals surface area contributed by atoms with Gasteiger partial charge >= 0.3 is 0 Å². The first kappa shape index (κ1) is 20.4. The van der Waals surface area contributed by atoms with Gasteiger partial charge in [-0.25, -0.2) is 4.39 Å². The normalized spacial score (nSPS) is 14.6. The summed E-state index contributed by atoms with van der Waals surface area (Å²) in [5.41, 5.74) is 2.81. The van der Waals surface area contributed by atoms with Crippen molar-refractivity contribution >= 4 is 23.0 Å². The van der Waals surface area contributed by atoms with Crippen LogP contribution in [0.25, 0.3) is 0 Å². The van der Waals surface area contributed by atoms with Crippen LogP contribution in [0.4, 0.5) is 10.1 Å². The lowest BCUT2D eigenvalue weighted by Crippen LogP contribution is -2.49. The van der Waals surface area contributed by atoms with Crippen LogP contribution in [-0.2, 0) is 6.54 Å². The number of hydrogen-bond acceptors (Lipinski definition) is 4. The van der Waals surface area contributed by atoms with E-state index in [1.165, 1.54) is 17.2 Å². The molecule has 0 aromatic heterocycles. The van der Waals surface area contributed by atoms with Crippen molar-refractivity contribution < 1.29 is 13.9 Å². The summed E-state index contributed by atoms with van der Waals surface area (Å²) >= 11 is 5.46. The first-order chi connectivity index (χ1) is 13.5. The van der Waals surface area contributed by atoms with Crippen molar-refractivity contribution in [2.45, 2.75) is 13.5 Å². The Bertz CT molecular complexity index is 838. The minimum absolute atomic E-state index is 0.299. The molecule has 0 atom stereocenters. The van der Waals surface area contributed by atoms with Crippen molar-refractivity contribution in [2.75, 3.05) is 45.7 Å². The summed E-state index contributed by atoms with van der Waals surface area (Å²) < 4.78 is 24.6. The van der Waals surface area contributed by atoms with Gasteiger partial charge < -0.3 is 19.7 Å². The lowest BCUT2D eigenvalue weighted by molar-refractivity contribution is 0.176. The molecule has 150 valence electrons. The van der Waals surface area contributed by atoms with E-state index >= 15 is 0 Å². The average Bonchev–Trinajstić information content (AvgIpc) is 2.71. The number of para-hydroxylation sites is 1. The van der Waals surface area contributed by atoms with Gasteiger partial charge in [-0.2, -0.15) is 0 Å². The molecule has 0 saturated carbocycles. The first-order valence-corrected chi connectivity index (χ1v) is 9.67. The molecule has 0 amide bonds. The number of aryl methyl sites for hydroxylation is 1. The van der Waals surface area contributed by atoms with Gasteiger partial charge in [0.2, 0.25) is 0 Å². The molecular weight excluding hydrogens is 377 g/mol. The van der Waals surface area contributed by atoms with Gasteiger partial charge in [0, 0.05) is 32.7 Å². The van der Waals surface area contributed by atoms with Crippen LogP contribution in [0.1, 0.15) is 11.1 Å². The number of nitrogens with zero attached hydrogens (tertiary/aromatic N) is 2. The van der Waals surface area contributed by atoms with E-state index in [-0.39, 0.29) is 5.82 Å². The number of ether oxygens (including phenoxy) is 2. The van der Waals surface area contributed by atoms with E-state index < -0.39 is 0 Å². The quantitative estimate of drug-likeness (QED) is 0.768. The van der Waals surface area contributed by atoms with Gasteiger partial charge in [0.25, 0.3) is 0 Å². The third-order valence-corrected chi connectivity index (χ3v) is 5.37. The van der Waals surface area contributed by atoms with Crippen LogP contribution in [0, 0.1) is 12.7 Å². The maximum atomic E-state index is 13.8. The smallest absolute Gasteiger partial charge is 0.173 e.